The summed E-state index contributed by atoms with van der Waals surface area (Å²) < 4.78 is 5.93. The minimum atomic E-state index is -0.379. The molecule has 0 unspecified atom stereocenters. The second kappa shape index (κ2) is 5.49. The van der Waals surface area contributed by atoms with Crippen LogP contribution in [0.15, 0.2) is 39.5 Å². The smallest absolute Gasteiger partial charge is 0.196 e. The van der Waals surface area contributed by atoms with E-state index in [2.05, 4.69) is 0 Å². The molecule has 0 aliphatic carbocycles. The fraction of sp³-hybridized carbons (Fsp3) is 0.167. The zero-order chi connectivity index (χ0) is 17.6. The Labute approximate surface area is 137 Å². The van der Waals surface area contributed by atoms with Crippen molar-refractivity contribution in [3.63, 3.8) is 0 Å². The van der Waals surface area contributed by atoms with Crippen molar-refractivity contribution < 1.29 is 19.7 Å². The van der Waals surface area contributed by atoms with Gasteiger partial charge in [0, 0.05) is 25.2 Å². The zero-order valence-electron chi connectivity index (χ0n) is 13.5. The van der Waals surface area contributed by atoms with E-state index in [1.165, 1.54) is 18.2 Å². The van der Waals surface area contributed by atoms with Gasteiger partial charge in [-0.1, -0.05) is 0 Å². The molecule has 0 spiro atoms. The van der Waals surface area contributed by atoms with Crippen LogP contribution in [0, 0.1) is 6.92 Å². The predicted molar refractivity (Wildman–Crippen MR) is 92.0 cm³/mol. The molecule has 124 valence electrons. The molecular formula is C18H17NO5. The molecule has 1 aromatic heterocycles. The first-order valence-electron chi connectivity index (χ1n) is 7.30. The van der Waals surface area contributed by atoms with Crippen molar-refractivity contribution in [2.24, 2.45) is 0 Å². The lowest BCUT2D eigenvalue weighted by Crippen LogP contribution is -2.13. The van der Waals surface area contributed by atoms with Gasteiger partial charge in [0.1, 0.15) is 17.2 Å². The molecule has 2 aromatic carbocycles. The SMILES string of the molecule is Cc1c(-c2ccc(O)cc2)oc2c(N(C)C)c(O)c(O)cc2c1=O. The van der Waals surface area contributed by atoms with Crippen LogP contribution in [0.3, 0.4) is 0 Å². The number of hydrogen-bond acceptors (Lipinski definition) is 6. The monoisotopic (exact) mass is 327 g/mol. The molecule has 0 fully saturated rings. The van der Waals surface area contributed by atoms with Crippen LogP contribution in [-0.4, -0.2) is 29.4 Å². The van der Waals surface area contributed by atoms with Crippen LogP contribution in [0.2, 0.25) is 0 Å². The number of fused-ring (bicyclic) bond motifs is 1. The van der Waals surface area contributed by atoms with E-state index in [1.807, 2.05) is 0 Å². The summed E-state index contributed by atoms with van der Waals surface area (Å²) in [4.78, 5) is 14.3. The molecule has 0 aliphatic heterocycles. The molecular weight excluding hydrogens is 310 g/mol. The van der Waals surface area contributed by atoms with Gasteiger partial charge in [-0.3, -0.25) is 4.79 Å². The molecule has 0 saturated carbocycles. The maximum atomic E-state index is 12.7. The molecule has 0 atom stereocenters. The number of nitrogens with zero attached hydrogens (tertiary/aromatic N) is 1. The van der Waals surface area contributed by atoms with Crippen molar-refractivity contribution >= 4 is 16.7 Å². The minimum Gasteiger partial charge on any atom is -0.508 e. The average Bonchev–Trinajstić information content (AvgIpc) is 2.53. The van der Waals surface area contributed by atoms with Crippen LogP contribution in [-0.2, 0) is 0 Å². The van der Waals surface area contributed by atoms with E-state index >= 15 is 0 Å². The van der Waals surface area contributed by atoms with Crippen LogP contribution < -0.4 is 10.3 Å². The third-order valence-corrected chi connectivity index (χ3v) is 3.91. The number of phenolic OH excluding ortho intramolecular Hbond substituents is 3. The summed E-state index contributed by atoms with van der Waals surface area (Å²) in [7, 11) is 3.35. The fourth-order valence-corrected chi connectivity index (χ4v) is 2.69. The Morgan fingerprint density at radius 2 is 1.67 bits per heavy atom. The fourth-order valence-electron chi connectivity index (χ4n) is 2.69. The molecule has 0 amide bonds. The summed E-state index contributed by atoms with van der Waals surface area (Å²) in [6.45, 7) is 1.63. The summed E-state index contributed by atoms with van der Waals surface area (Å²) >= 11 is 0. The molecule has 24 heavy (non-hydrogen) atoms. The van der Waals surface area contributed by atoms with Crippen LogP contribution in [0.5, 0.6) is 17.2 Å². The minimum absolute atomic E-state index is 0.107. The lowest BCUT2D eigenvalue weighted by molar-refractivity contribution is 0.404. The number of hydrogen-bond donors (Lipinski definition) is 3. The summed E-state index contributed by atoms with van der Waals surface area (Å²) in [5.41, 5.74) is 1.12. The van der Waals surface area contributed by atoms with Gasteiger partial charge in [0.2, 0.25) is 0 Å². The molecule has 3 aromatic rings. The van der Waals surface area contributed by atoms with E-state index in [4.69, 9.17) is 4.42 Å². The summed E-state index contributed by atoms with van der Waals surface area (Å²) in [5, 5.41) is 29.6. The highest BCUT2D eigenvalue weighted by Crippen LogP contribution is 2.42. The van der Waals surface area contributed by atoms with Gasteiger partial charge >= 0.3 is 0 Å². The largest absolute Gasteiger partial charge is 0.508 e. The van der Waals surface area contributed by atoms with E-state index in [0.717, 1.165) is 0 Å². The van der Waals surface area contributed by atoms with Crippen LogP contribution in [0.25, 0.3) is 22.3 Å². The Bertz CT molecular complexity index is 987. The van der Waals surface area contributed by atoms with Crippen molar-refractivity contribution in [3.05, 3.63) is 46.1 Å². The van der Waals surface area contributed by atoms with Crippen LogP contribution in [0.4, 0.5) is 5.69 Å². The molecule has 6 nitrogen and oxygen atoms in total. The maximum Gasteiger partial charge on any atom is 0.196 e. The first kappa shape index (κ1) is 15.7. The van der Waals surface area contributed by atoms with Gasteiger partial charge in [0.25, 0.3) is 0 Å². The van der Waals surface area contributed by atoms with Crippen molar-refractivity contribution in [1.82, 2.24) is 0 Å². The Hall–Kier alpha value is -3.15. The van der Waals surface area contributed by atoms with Gasteiger partial charge in [0.15, 0.2) is 22.5 Å². The first-order valence-corrected chi connectivity index (χ1v) is 7.30. The normalized spacial score (nSPS) is 11.0. The number of anilines is 1. The lowest BCUT2D eigenvalue weighted by atomic mass is 10.0. The average molecular weight is 327 g/mol. The number of aromatic hydroxyl groups is 3. The van der Waals surface area contributed by atoms with Gasteiger partial charge in [-0.2, -0.15) is 0 Å². The molecule has 3 rings (SSSR count). The van der Waals surface area contributed by atoms with E-state index in [-0.39, 0.29) is 39.3 Å². The Morgan fingerprint density at radius 3 is 2.25 bits per heavy atom. The third kappa shape index (κ3) is 2.32. The van der Waals surface area contributed by atoms with Crippen molar-refractivity contribution in [2.45, 2.75) is 6.92 Å². The van der Waals surface area contributed by atoms with Crippen molar-refractivity contribution in [3.8, 4) is 28.6 Å². The quantitative estimate of drug-likeness (QED) is 0.627. The van der Waals surface area contributed by atoms with E-state index < -0.39 is 0 Å². The molecule has 3 N–H and O–H groups in total. The highest BCUT2D eigenvalue weighted by Gasteiger charge is 2.21. The van der Waals surface area contributed by atoms with Crippen LogP contribution >= 0.6 is 0 Å². The van der Waals surface area contributed by atoms with Crippen molar-refractivity contribution in [1.29, 1.82) is 0 Å². The number of rotatable bonds is 2. The molecule has 1 heterocycles. The molecule has 0 aliphatic rings. The topological polar surface area (TPSA) is 94.1 Å². The van der Waals surface area contributed by atoms with E-state index in [1.54, 1.807) is 38.1 Å². The van der Waals surface area contributed by atoms with Gasteiger partial charge in [-0.15, -0.1) is 0 Å². The van der Waals surface area contributed by atoms with Gasteiger partial charge in [-0.05, 0) is 37.3 Å². The number of benzene rings is 2. The molecule has 0 radical (unpaired) electrons. The summed E-state index contributed by atoms with van der Waals surface area (Å²) in [6.07, 6.45) is 0. The van der Waals surface area contributed by atoms with Crippen molar-refractivity contribution in [2.75, 3.05) is 19.0 Å². The second-order valence-corrected chi connectivity index (χ2v) is 5.80. The van der Waals surface area contributed by atoms with Gasteiger partial charge < -0.3 is 24.6 Å². The van der Waals surface area contributed by atoms with E-state index in [9.17, 15) is 20.1 Å². The lowest BCUT2D eigenvalue weighted by Gasteiger charge is -2.18. The second-order valence-electron chi connectivity index (χ2n) is 5.80. The Kier molecular flexibility index (Phi) is 3.60. The predicted octanol–water partition coefficient (Wildman–Crippen LogP) is 2.95. The van der Waals surface area contributed by atoms with E-state index in [0.29, 0.717) is 16.9 Å². The molecule has 6 heteroatoms. The zero-order valence-corrected chi connectivity index (χ0v) is 13.5. The number of phenols is 3. The molecule has 0 bridgehead atoms. The Balaban J connectivity index is 2.44. The van der Waals surface area contributed by atoms with Gasteiger partial charge in [0.05, 0.1) is 5.39 Å². The highest BCUT2D eigenvalue weighted by atomic mass is 16.3. The van der Waals surface area contributed by atoms with Gasteiger partial charge in [-0.25, -0.2) is 0 Å². The Morgan fingerprint density at radius 1 is 1.04 bits per heavy atom. The first-order chi connectivity index (χ1) is 11.3. The summed E-state index contributed by atoms with van der Waals surface area (Å²) in [6, 6.07) is 7.49. The van der Waals surface area contributed by atoms with Crippen LogP contribution in [0.1, 0.15) is 5.56 Å². The summed E-state index contributed by atoms with van der Waals surface area (Å²) in [5.74, 6) is -0.275. The standard InChI is InChI=1S/C18H17NO5/c1-9-15(22)12-8-13(21)16(23)14(19(2)3)18(12)24-17(9)10-4-6-11(20)7-5-10/h4-8,20-21,23H,1-3H3. The highest BCUT2D eigenvalue weighted by molar-refractivity contribution is 5.96. The third-order valence-electron chi connectivity index (χ3n) is 3.91. The molecule has 0 saturated heterocycles. The maximum absolute atomic E-state index is 12.7.